The van der Waals surface area contributed by atoms with Crippen LogP contribution in [-0.2, 0) is 4.79 Å². The fourth-order valence-electron chi connectivity index (χ4n) is 4.58. The lowest BCUT2D eigenvalue weighted by Gasteiger charge is -2.38. The molecule has 5 heteroatoms. The van der Waals surface area contributed by atoms with Gasteiger partial charge >= 0.3 is 0 Å². The van der Waals surface area contributed by atoms with E-state index in [9.17, 15) is 14.0 Å². The highest BCUT2D eigenvalue weighted by Gasteiger charge is 2.33. The molecule has 0 aliphatic carbocycles. The van der Waals surface area contributed by atoms with E-state index in [1.165, 1.54) is 17.7 Å². The van der Waals surface area contributed by atoms with Gasteiger partial charge in [0, 0.05) is 26.2 Å². The fourth-order valence-corrected chi connectivity index (χ4v) is 4.58. The molecular weight excluding hydrogens is 367 g/mol. The summed E-state index contributed by atoms with van der Waals surface area (Å²) in [6.45, 7) is 2.48. The summed E-state index contributed by atoms with van der Waals surface area (Å²) in [6.07, 6.45) is 3.51. The van der Waals surface area contributed by atoms with E-state index < -0.39 is 5.82 Å². The summed E-state index contributed by atoms with van der Waals surface area (Å²) < 4.78 is 14.0. The highest BCUT2D eigenvalue weighted by molar-refractivity contribution is 5.95. The molecule has 0 N–H and O–H groups in total. The van der Waals surface area contributed by atoms with E-state index in [4.69, 9.17) is 0 Å². The molecule has 2 aromatic carbocycles. The van der Waals surface area contributed by atoms with Gasteiger partial charge in [0.15, 0.2) is 0 Å². The lowest BCUT2D eigenvalue weighted by molar-refractivity contribution is -0.138. The summed E-state index contributed by atoms with van der Waals surface area (Å²) in [5, 5.41) is 0. The molecular formula is C24H27FN2O2. The van der Waals surface area contributed by atoms with Gasteiger partial charge in [-0.25, -0.2) is 4.39 Å². The number of piperidine rings is 2. The second kappa shape index (κ2) is 8.76. The average Bonchev–Trinajstić information content (AvgIpc) is 2.79. The Bertz CT molecular complexity index is 862. The second-order valence-electron chi connectivity index (χ2n) is 8.08. The van der Waals surface area contributed by atoms with Crippen molar-refractivity contribution in [1.82, 2.24) is 9.80 Å². The third-order valence-electron chi connectivity index (χ3n) is 6.24. The molecule has 0 saturated carbocycles. The standard InChI is InChI=1S/C24H27FN2O2/c25-22-11-5-4-10-21(22)24(29)27-14-6-9-20(17-27)23(28)26-15-12-19(13-16-26)18-7-2-1-3-8-18/h1-5,7-8,10-11,19-20H,6,9,12-17H2. The molecule has 1 unspecified atom stereocenters. The van der Waals surface area contributed by atoms with Gasteiger partial charge in [0.25, 0.3) is 5.91 Å². The molecule has 4 rings (SSSR count). The molecule has 4 nitrogen and oxygen atoms in total. The normalized spacial score (nSPS) is 20.5. The van der Waals surface area contributed by atoms with E-state index in [1.807, 2.05) is 11.0 Å². The lowest BCUT2D eigenvalue weighted by Crippen LogP contribution is -2.48. The first kappa shape index (κ1) is 19.6. The predicted molar refractivity (Wildman–Crippen MR) is 110 cm³/mol. The molecule has 0 radical (unpaired) electrons. The number of hydrogen-bond donors (Lipinski definition) is 0. The highest BCUT2D eigenvalue weighted by Crippen LogP contribution is 2.29. The number of carbonyl (C=O) groups excluding carboxylic acids is 2. The molecule has 0 bridgehead atoms. The van der Waals surface area contributed by atoms with Gasteiger partial charge in [0.2, 0.25) is 5.91 Å². The van der Waals surface area contributed by atoms with Crippen molar-refractivity contribution in [2.45, 2.75) is 31.6 Å². The van der Waals surface area contributed by atoms with E-state index in [0.717, 1.165) is 38.8 Å². The fraction of sp³-hybridized carbons (Fsp3) is 0.417. The van der Waals surface area contributed by atoms with Crippen LogP contribution in [0, 0.1) is 11.7 Å². The summed E-state index contributed by atoms with van der Waals surface area (Å²) in [5.41, 5.74) is 1.43. The monoisotopic (exact) mass is 394 g/mol. The average molecular weight is 394 g/mol. The molecule has 2 aromatic rings. The first-order chi connectivity index (χ1) is 14.1. The number of nitrogens with zero attached hydrogens (tertiary/aromatic N) is 2. The van der Waals surface area contributed by atoms with Crippen molar-refractivity contribution in [3.63, 3.8) is 0 Å². The van der Waals surface area contributed by atoms with Crippen molar-refractivity contribution in [3.8, 4) is 0 Å². The van der Waals surface area contributed by atoms with Gasteiger partial charge < -0.3 is 9.80 Å². The molecule has 2 fully saturated rings. The Kier molecular flexibility index (Phi) is 5.93. The number of rotatable bonds is 3. The van der Waals surface area contributed by atoms with Crippen molar-refractivity contribution in [2.75, 3.05) is 26.2 Å². The summed E-state index contributed by atoms with van der Waals surface area (Å²) >= 11 is 0. The Labute approximate surface area is 171 Å². The van der Waals surface area contributed by atoms with Crippen LogP contribution in [0.3, 0.4) is 0 Å². The van der Waals surface area contributed by atoms with Crippen LogP contribution in [0.25, 0.3) is 0 Å². The smallest absolute Gasteiger partial charge is 0.256 e. The first-order valence-corrected chi connectivity index (χ1v) is 10.5. The van der Waals surface area contributed by atoms with E-state index in [2.05, 4.69) is 24.3 Å². The minimum Gasteiger partial charge on any atom is -0.342 e. The Balaban J connectivity index is 1.36. The van der Waals surface area contributed by atoms with E-state index in [1.54, 1.807) is 17.0 Å². The van der Waals surface area contributed by atoms with E-state index in [-0.39, 0.29) is 23.3 Å². The van der Waals surface area contributed by atoms with Crippen LogP contribution in [0.15, 0.2) is 54.6 Å². The zero-order valence-electron chi connectivity index (χ0n) is 16.6. The maximum Gasteiger partial charge on any atom is 0.256 e. The molecule has 0 spiro atoms. The van der Waals surface area contributed by atoms with Crippen LogP contribution >= 0.6 is 0 Å². The molecule has 152 valence electrons. The van der Waals surface area contributed by atoms with Crippen molar-refractivity contribution in [2.24, 2.45) is 5.92 Å². The topological polar surface area (TPSA) is 40.6 Å². The summed E-state index contributed by atoms with van der Waals surface area (Å²) in [5.74, 6) is -0.363. The Morgan fingerprint density at radius 2 is 1.52 bits per heavy atom. The Morgan fingerprint density at radius 1 is 0.828 bits per heavy atom. The molecule has 2 aliphatic heterocycles. The van der Waals surface area contributed by atoms with Crippen LogP contribution < -0.4 is 0 Å². The van der Waals surface area contributed by atoms with Gasteiger partial charge in [-0.05, 0) is 49.3 Å². The first-order valence-electron chi connectivity index (χ1n) is 10.5. The number of benzene rings is 2. The largest absolute Gasteiger partial charge is 0.342 e. The molecule has 0 aromatic heterocycles. The van der Waals surface area contributed by atoms with Gasteiger partial charge in [-0.3, -0.25) is 9.59 Å². The Hall–Kier alpha value is -2.69. The van der Waals surface area contributed by atoms with Crippen LogP contribution in [-0.4, -0.2) is 47.8 Å². The van der Waals surface area contributed by atoms with Crippen LogP contribution in [0.4, 0.5) is 4.39 Å². The number of amides is 2. The predicted octanol–water partition coefficient (Wildman–Crippen LogP) is 4.08. The minimum atomic E-state index is -0.506. The number of carbonyl (C=O) groups is 2. The highest BCUT2D eigenvalue weighted by atomic mass is 19.1. The lowest BCUT2D eigenvalue weighted by atomic mass is 9.88. The number of hydrogen-bond acceptors (Lipinski definition) is 2. The molecule has 2 aliphatic rings. The van der Waals surface area contributed by atoms with Crippen LogP contribution in [0.5, 0.6) is 0 Å². The zero-order chi connectivity index (χ0) is 20.2. The zero-order valence-corrected chi connectivity index (χ0v) is 16.6. The third-order valence-corrected chi connectivity index (χ3v) is 6.24. The second-order valence-corrected chi connectivity index (χ2v) is 8.08. The molecule has 2 amide bonds. The van der Waals surface area contributed by atoms with Crippen LogP contribution in [0.2, 0.25) is 0 Å². The van der Waals surface area contributed by atoms with Crippen molar-refractivity contribution >= 4 is 11.8 Å². The number of likely N-dealkylation sites (tertiary alicyclic amines) is 2. The van der Waals surface area contributed by atoms with Crippen molar-refractivity contribution in [1.29, 1.82) is 0 Å². The number of halogens is 1. The van der Waals surface area contributed by atoms with Crippen LogP contribution in [0.1, 0.15) is 47.5 Å². The maximum absolute atomic E-state index is 14.0. The quantitative estimate of drug-likeness (QED) is 0.787. The summed E-state index contributed by atoms with van der Waals surface area (Å²) in [4.78, 5) is 29.4. The van der Waals surface area contributed by atoms with Gasteiger partial charge in [0.05, 0.1) is 11.5 Å². The van der Waals surface area contributed by atoms with E-state index >= 15 is 0 Å². The minimum absolute atomic E-state index is 0.0873. The van der Waals surface area contributed by atoms with Gasteiger partial charge in [-0.15, -0.1) is 0 Å². The summed E-state index contributed by atoms with van der Waals surface area (Å²) in [6, 6.07) is 16.5. The van der Waals surface area contributed by atoms with Gasteiger partial charge in [0.1, 0.15) is 5.82 Å². The van der Waals surface area contributed by atoms with Gasteiger partial charge in [-0.2, -0.15) is 0 Å². The molecule has 29 heavy (non-hydrogen) atoms. The Morgan fingerprint density at radius 3 is 2.24 bits per heavy atom. The van der Waals surface area contributed by atoms with Gasteiger partial charge in [-0.1, -0.05) is 42.5 Å². The van der Waals surface area contributed by atoms with Crippen molar-refractivity contribution in [3.05, 3.63) is 71.5 Å². The SMILES string of the molecule is O=C(c1ccccc1F)N1CCCC(C(=O)N2CCC(c3ccccc3)CC2)C1. The third kappa shape index (κ3) is 4.34. The molecule has 1 atom stereocenters. The van der Waals surface area contributed by atoms with Crippen molar-refractivity contribution < 1.29 is 14.0 Å². The van der Waals surface area contributed by atoms with E-state index in [0.29, 0.717) is 19.0 Å². The molecule has 2 heterocycles. The molecule has 2 saturated heterocycles. The maximum atomic E-state index is 14.0. The summed E-state index contributed by atoms with van der Waals surface area (Å²) in [7, 11) is 0.